The van der Waals surface area contributed by atoms with E-state index in [2.05, 4.69) is 11.9 Å². The summed E-state index contributed by atoms with van der Waals surface area (Å²) in [6.45, 7) is 6.96. The topological polar surface area (TPSA) is 61.9 Å². The number of carbonyl (C=O) groups excluding carboxylic acids is 2. The van der Waals surface area contributed by atoms with Crippen LogP contribution < -0.4 is 10.1 Å². The lowest BCUT2D eigenvalue weighted by molar-refractivity contribution is -0.139. The van der Waals surface area contributed by atoms with Gasteiger partial charge < -0.3 is 15.0 Å². The van der Waals surface area contributed by atoms with Crippen molar-refractivity contribution in [1.29, 1.82) is 0 Å². The molecule has 25 heavy (non-hydrogen) atoms. The Bertz CT molecular complexity index is 672. The number of benzene rings is 1. The Morgan fingerprint density at radius 1 is 1.32 bits per heavy atom. The first kappa shape index (κ1) is 17.8. The predicted octanol–water partition coefficient (Wildman–Crippen LogP) is 1.09. The fourth-order valence-electron chi connectivity index (χ4n) is 3.13. The molecule has 0 radical (unpaired) electrons. The molecule has 2 heterocycles. The van der Waals surface area contributed by atoms with Gasteiger partial charge >= 0.3 is 0 Å². The van der Waals surface area contributed by atoms with E-state index in [4.69, 9.17) is 16.3 Å². The molecular weight excluding hydrogens is 342 g/mol. The van der Waals surface area contributed by atoms with Crippen molar-refractivity contribution in [1.82, 2.24) is 15.1 Å². The number of fused-ring (bicyclic) bond motifs is 1. The number of rotatable bonds is 5. The second-order valence-electron chi connectivity index (χ2n) is 6.26. The second-order valence-corrected chi connectivity index (χ2v) is 6.69. The minimum Gasteiger partial charge on any atom is -0.480 e. The molecule has 3 rings (SSSR count). The summed E-state index contributed by atoms with van der Waals surface area (Å²) in [7, 11) is 0. The number of nitrogens with one attached hydrogen (secondary N) is 1. The number of piperazine rings is 1. The molecule has 1 saturated heterocycles. The number of amides is 2. The van der Waals surface area contributed by atoms with Gasteiger partial charge in [-0.15, -0.1) is 6.58 Å². The standard InChI is InChI=1S/C18H22ClN3O3/c1-2-5-20-17(23)12-21-6-8-22(9-7-21)18(24)16-11-13-10-14(19)3-4-15(13)25-16/h2-4,10,16H,1,5-9,11-12H2,(H,20,23)/t16-/m0/s1. The van der Waals surface area contributed by atoms with Crippen molar-refractivity contribution in [3.8, 4) is 5.75 Å². The molecule has 0 unspecified atom stereocenters. The van der Waals surface area contributed by atoms with E-state index in [9.17, 15) is 9.59 Å². The summed E-state index contributed by atoms with van der Waals surface area (Å²) in [5.74, 6) is 0.717. The average Bonchev–Trinajstić information content (AvgIpc) is 3.03. The normalized spacial score (nSPS) is 19.9. The third-order valence-corrected chi connectivity index (χ3v) is 4.70. The SMILES string of the molecule is C=CCNC(=O)CN1CCN(C(=O)[C@@H]2Cc3cc(Cl)ccc3O2)CC1. The summed E-state index contributed by atoms with van der Waals surface area (Å²) < 4.78 is 5.78. The zero-order valence-corrected chi connectivity index (χ0v) is 14.8. The summed E-state index contributed by atoms with van der Waals surface area (Å²) in [6, 6.07) is 5.43. The van der Waals surface area contributed by atoms with Crippen LogP contribution >= 0.6 is 11.6 Å². The fourth-order valence-corrected chi connectivity index (χ4v) is 3.32. The summed E-state index contributed by atoms with van der Waals surface area (Å²) in [4.78, 5) is 28.3. The lowest BCUT2D eigenvalue weighted by Crippen LogP contribution is -2.53. The Hall–Kier alpha value is -2.05. The van der Waals surface area contributed by atoms with Crippen molar-refractivity contribution >= 4 is 23.4 Å². The molecule has 134 valence electrons. The molecule has 0 spiro atoms. The molecule has 0 aliphatic carbocycles. The van der Waals surface area contributed by atoms with Crippen LogP contribution in [-0.2, 0) is 16.0 Å². The number of ether oxygens (including phenoxy) is 1. The molecule has 2 amide bonds. The van der Waals surface area contributed by atoms with Crippen LogP contribution in [-0.4, -0.2) is 67.0 Å². The number of carbonyl (C=O) groups is 2. The Kier molecular flexibility index (Phi) is 5.60. The maximum atomic E-state index is 12.7. The Morgan fingerprint density at radius 2 is 2.08 bits per heavy atom. The molecule has 1 aromatic carbocycles. The molecule has 1 aromatic rings. The predicted molar refractivity (Wildman–Crippen MR) is 95.8 cm³/mol. The van der Waals surface area contributed by atoms with Gasteiger partial charge in [-0.3, -0.25) is 14.5 Å². The summed E-state index contributed by atoms with van der Waals surface area (Å²) in [6.07, 6.45) is 1.73. The molecule has 2 aliphatic heterocycles. The van der Waals surface area contributed by atoms with E-state index in [1.807, 2.05) is 21.9 Å². The van der Waals surface area contributed by atoms with E-state index in [0.29, 0.717) is 50.7 Å². The van der Waals surface area contributed by atoms with E-state index in [1.165, 1.54) is 0 Å². The largest absolute Gasteiger partial charge is 0.480 e. The van der Waals surface area contributed by atoms with Crippen LogP contribution in [0.15, 0.2) is 30.9 Å². The molecular formula is C18H22ClN3O3. The van der Waals surface area contributed by atoms with Gasteiger partial charge in [-0.2, -0.15) is 0 Å². The van der Waals surface area contributed by atoms with Gasteiger partial charge in [0.1, 0.15) is 5.75 Å². The number of halogens is 1. The first-order valence-electron chi connectivity index (χ1n) is 8.40. The van der Waals surface area contributed by atoms with Crippen molar-refractivity contribution in [3.63, 3.8) is 0 Å². The van der Waals surface area contributed by atoms with Gasteiger partial charge in [0.25, 0.3) is 5.91 Å². The molecule has 7 heteroatoms. The van der Waals surface area contributed by atoms with Gasteiger partial charge in [-0.1, -0.05) is 17.7 Å². The van der Waals surface area contributed by atoms with E-state index < -0.39 is 6.10 Å². The van der Waals surface area contributed by atoms with E-state index >= 15 is 0 Å². The molecule has 0 bridgehead atoms. The third-order valence-electron chi connectivity index (χ3n) is 4.47. The van der Waals surface area contributed by atoms with Crippen LogP contribution in [0.25, 0.3) is 0 Å². The van der Waals surface area contributed by atoms with Crippen molar-refractivity contribution in [2.75, 3.05) is 39.3 Å². The zero-order chi connectivity index (χ0) is 17.8. The Labute approximate surface area is 152 Å². The van der Waals surface area contributed by atoms with Gasteiger partial charge in [0.15, 0.2) is 6.10 Å². The maximum absolute atomic E-state index is 12.7. The minimum atomic E-state index is -0.476. The van der Waals surface area contributed by atoms with Gasteiger partial charge in [-0.05, 0) is 23.8 Å². The monoisotopic (exact) mass is 363 g/mol. The van der Waals surface area contributed by atoms with Gasteiger partial charge in [0.05, 0.1) is 6.54 Å². The van der Waals surface area contributed by atoms with E-state index in [-0.39, 0.29) is 11.8 Å². The summed E-state index contributed by atoms with van der Waals surface area (Å²) in [5, 5.41) is 3.41. The molecule has 0 saturated carbocycles. The average molecular weight is 364 g/mol. The molecule has 0 aromatic heterocycles. The van der Waals surface area contributed by atoms with Crippen molar-refractivity contribution in [2.45, 2.75) is 12.5 Å². The first-order valence-corrected chi connectivity index (χ1v) is 8.78. The van der Waals surface area contributed by atoms with Crippen molar-refractivity contribution < 1.29 is 14.3 Å². The minimum absolute atomic E-state index is 0.00285. The smallest absolute Gasteiger partial charge is 0.264 e. The molecule has 1 fully saturated rings. The summed E-state index contributed by atoms with van der Waals surface area (Å²) in [5.41, 5.74) is 0.975. The van der Waals surface area contributed by atoms with Crippen LogP contribution in [0.1, 0.15) is 5.56 Å². The quantitative estimate of drug-likeness (QED) is 0.795. The second kappa shape index (κ2) is 7.89. The van der Waals surface area contributed by atoms with Gasteiger partial charge in [0.2, 0.25) is 5.91 Å². The first-order chi connectivity index (χ1) is 12.1. The Morgan fingerprint density at radius 3 is 2.80 bits per heavy atom. The number of hydrogen-bond acceptors (Lipinski definition) is 4. The highest BCUT2D eigenvalue weighted by atomic mass is 35.5. The molecule has 6 nitrogen and oxygen atoms in total. The fraction of sp³-hybridized carbons (Fsp3) is 0.444. The highest BCUT2D eigenvalue weighted by Crippen LogP contribution is 2.31. The van der Waals surface area contributed by atoms with Crippen LogP contribution in [0.2, 0.25) is 5.02 Å². The van der Waals surface area contributed by atoms with Crippen LogP contribution in [0.5, 0.6) is 5.75 Å². The lowest BCUT2D eigenvalue weighted by Gasteiger charge is -2.35. The Balaban J connectivity index is 1.48. The zero-order valence-electron chi connectivity index (χ0n) is 14.0. The van der Waals surface area contributed by atoms with Crippen LogP contribution in [0, 0.1) is 0 Å². The number of hydrogen-bond donors (Lipinski definition) is 1. The van der Waals surface area contributed by atoms with Crippen molar-refractivity contribution in [2.24, 2.45) is 0 Å². The van der Waals surface area contributed by atoms with Gasteiger partial charge in [-0.25, -0.2) is 0 Å². The molecule has 1 atom stereocenters. The van der Waals surface area contributed by atoms with E-state index in [1.54, 1.807) is 12.1 Å². The van der Waals surface area contributed by atoms with Crippen LogP contribution in [0.4, 0.5) is 0 Å². The summed E-state index contributed by atoms with van der Waals surface area (Å²) >= 11 is 5.99. The van der Waals surface area contributed by atoms with Gasteiger partial charge in [0, 0.05) is 44.2 Å². The number of nitrogens with zero attached hydrogens (tertiary/aromatic N) is 2. The molecule has 2 aliphatic rings. The highest BCUT2D eigenvalue weighted by Gasteiger charge is 2.34. The molecule has 1 N–H and O–H groups in total. The highest BCUT2D eigenvalue weighted by molar-refractivity contribution is 6.30. The van der Waals surface area contributed by atoms with E-state index in [0.717, 1.165) is 11.3 Å². The van der Waals surface area contributed by atoms with Crippen LogP contribution in [0.3, 0.4) is 0 Å². The lowest BCUT2D eigenvalue weighted by atomic mass is 10.1. The van der Waals surface area contributed by atoms with Crippen molar-refractivity contribution in [3.05, 3.63) is 41.4 Å². The maximum Gasteiger partial charge on any atom is 0.264 e. The third kappa shape index (κ3) is 4.32.